The predicted molar refractivity (Wildman–Crippen MR) is 109 cm³/mol. The monoisotopic (exact) mass is 398 g/mol. The van der Waals surface area contributed by atoms with Gasteiger partial charge in [-0.15, -0.1) is 0 Å². The number of piperazine rings is 1. The number of sulfonamides is 1. The van der Waals surface area contributed by atoms with E-state index in [2.05, 4.69) is 0 Å². The number of carbonyl (C=O) groups excluding carboxylic acids is 1. The lowest BCUT2D eigenvalue weighted by atomic mass is 9.92. The molecule has 1 aliphatic heterocycles. The van der Waals surface area contributed by atoms with E-state index >= 15 is 0 Å². The topological polar surface area (TPSA) is 57.7 Å². The number of amides is 1. The first-order chi connectivity index (χ1) is 13.5. The third-order valence-corrected chi connectivity index (χ3v) is 7.75. The summed E-state index contributed by atoms with van der Waals surface area (Å²) in [6, 6.07) is 13.1. The molecule has 28 heavy (non-hydrogen) atoms. The molecule has 6 heteroatoms. The van der Waals surface area contributed by atoms with Crippen LogP contribution in [0.2, 0.25) is 0 Å². The molecule has 0 spiro atoms. The molecule has 0 N–H and O–H groups in total. The van der Waals surface area contributed by atoms with E-state index in [0.29, 0.717) is 36.6 Å². The zero-order valence-electron chi connectivity index (χ0n) is 16.2. The fraction of sp³-hybridized carbons (Fsp3) is 0.409. The van der Waals surface area contributed by atoms with Gasteiger partial charge >= 0.3 is 0 Å². The van der Waals surface area contributed by atoms with Crippen molar-refractivity contribution < 1.29 is 13.2 Å². The Labute approximate surface area is 167 Å². The molecule has 2 aromatic carbocycles. The molecule has 5 nitrogen and oxygen atoms in total. The Balaban J connectivity index is 1.47. The van der Waals surface area contributed by atoms with Crippen molar-refractivity contribution in [1.82, 2.24) is 9.21 Å². The summed E-state index contributed by atoms with van der Waals surface area (Å²) in [7, 11) is -3.52. The second-order valence-electron chi connectivity index (χ2n) is 7.65. The minimum absolute atomic E-state index is 0.0241. The smallest absolute Gasteiger partial charge is 0.254 e. The van der Waals surface area contributed by atoms with Gasteiger partial charge in [0, 0.05) is 31.7 Å². The Kier molecular flexibility index (Phi) is 5.25. The molecule has 1 aliphatic carbocycles. The first-order valence-corrected chi connectivity index (χ1v) is 11.4. The maximum absolute atomic E-state index is 13.1. The average molecular weight is 399 g/mol. The van der Waals surface area contributed by atoms with Gasteiger partial charge in [0.05, 0.1) is 4.90 Å². The molecule has 0 unspecified atom stereocenters. The zero-order chi connectivity index (χ0) is 19.7. The van der Waals surface area contributed by atoms with Crippen LogP contribution in [0.5, 0.6) is 0 Å². The number of rotatable bonds is 3. The number of nitrogens with zero attached hydrogens (tertiary/aromatic N) is 2. The lowest BCUT2D eigenvalue weighted by molar-refractivity contribution is 0.0697. The Bertz CT molecular complexity index is 993. The second kappa shape index (κ2) is 7.68. The maximum Gasteiger partial charge on any atom is 0.254 e. The van der Waals surface area contributed by atoms with E-state index in [4.69, 9.17) is 0 Å². The lowest BCUT2D eigenvalue weighted by Gasteiger charge is -2.34. The molecule has 1 saturated heterocycles. The molecule has 1 fully saturated rings. The minimum Gasteiger partial charge on any atom is -0.336 e. The summed E-state index contributed by atoms with van der Waals surface area (Å²) in [5.41, 5.74) is 4.07. The highest BCUT2D eigenvalue weighted by molar-refractivity contribution is 7.89. The van der Waals surface area contributed by atoms with E-state index in [1.807, 2.05) is 43.3 Å². The predicted octanol–water partition coefficient (Wildman–Crippen LogP) is 3.02. The van der Waals surface area contributed by atoms with E-state index in [1.54, 1.807) is 11.0 Å². The van der Waals surface area contributed by atoms with Crippen LogP contribution in [-0.2, 0) is 22.9 Å². The van der Waals surface area contributed by atoms with Gasteiger partial charge in [0.25, 0.3) is 5.91 Å². The van der Waals surface area contributed by atoms with Gasteiger partial charge in [-0.3, -0.25) is 4.79 Å². The molecule has 0 radical (unpaired) electrons. The van der Waals surface area contributed by atoms with Crippen molar-refractivity contribution in [1.29, 1.82) is 0 Å². The molecule has 2 aromatic rings. The van der Waals surface area contributed by atoms with E-state index in [1.165, 1.54) is 21.9 Å². The van der Waals surface area contributed by atoms with Crippen molar-refractivity contribution >= 4 is 15.9 Å². The van der Waals surface area contributed by atoms with Crippen LogP contribution in [-0.4, -0.2) is 49.7 Å². The summed E-state index contributed by atoms with van der Waals surface area (Å²) in [5.74, 6) is -0.0241. The Hall–Kier alpha value is -2.18. The molecule has 1 heterocycles. The number of hydrogen-bond donors (Lipinski definition) is 0. The molecular formula is C22H26N2O3S. The quantitative estimate of drug-likeness (QED) is 0.799. The fourth-order valence-electron chi connectivity index (χ4n) is 4.13. The zero-order valence-corrected chi connectivity index (χ0v) is 17.0. The summed E-state index contributed by atoms with van der Waals surface area (Å²) < 4.78 is 27.7. The van der Waals surface area contributed by atoms with Crippen LogP contribution < -0.4 is 0 Å². The molecular weight excluding hydrogens is 372 g/mol. The molecule has 0 bridgehead atoms. The number of fused-ring (bicyclic) bond motifs is 1. The van der Waals surface area contributed by atoms with Gasteiger partial charge in [0.1, 0.15) is 0 Å². The van der Waals surface area contributed by atoms with Gasteiger partial charge in [-0.1, -0.05) is 24.3 Å². The molecule has 2 aliphatic rings. The van der Waals surface area contributed by atoms with Crippen molar-refractivity contribution in [3.63, 3.8) is 0 Å². The van der Waals surface area contributed by atoms with Crippen LogP contribution in [0, 0.1) is 6.92 Å². The Morgan fingerprint density at radius 1 is 0.893 bits per heavy atom. The van der Waals surface area contributed by atoms with Crippen LogP contribution in [0.1, 0.15) is 39.9 Å². The van der Waals surface area contributed by atoms with Gasteiger partial charge in [0.15, 0.2) is 0 Å². The third-order valence-electron chi connectivity index (χ3n) is 5.86. The highest BCUT2D eigenvalue weighted by Crippen LogP contribution is 2.26. The normalized spacial score (nSPS) is 18.0. The van der Waals surface area contributed by atoms with Gasteiger partial charge < -0.3 is 4.90 Å². The fourth-order valence-corrected chi connectivity index (χ4v) is 5.61. The summed E-state index contributed by atoms with van der Waals surface area (Å²) in [5, 5.41) is 0. The van der Waals surface area contributed by atoms with E-state index < -0.39 is 10.0 Å². The highest BCUT2D eigenvalue weighted by atomic mass is 32.2. The van der Waals surface area contributed by atoms with Crippen molar-refractivity contribution in [2.45, 2.75) is 37.5 Å². The number of carbonyl (C=O) groups is 1. The van der Waals surface area contributed by atoms with E-state index in [0.717, 1.165) is 24.8 Å². The van der Waals surface area contributed by atoms with E-state index in [9.17, 15) is 13.2 Å². The first-order valence-electron chi connectivity index (χ1n) is 9.94. The summed E-state index contributed by atoms with van der Waals surface area (Å²) in [4.78, 5) is 14.9. The summed E-state index contributed by atoms with van der Waals surface area (Å²) >= 11 is 0. The Morgan fingerprint density at radius 2 is 1.57 bits per heavy atom. The van der Waals surface area contributed by atoms with Crippen LogP contribution in [0.25, 0.3) is 0 Å². The summed E-state index contributed by atoms with van der Waals surface area (Å²) in [6.07, 6.45) is 4.29. The van der Waals surface area contributed by atoms with Crippen molar-refractivity contribution in [2.24, 2.45) is 0 Å². The van der Waals surface area contributed by atoms with Crippen LogP contribution >= 0.6 is 0 Å². The van der Waals surface area contributed by atoms with Crippen molar-refractivity contribution in [2.75, 3.05) is 26.2 Å². The molecule has 0 saturated carbocycles. The third kappa shape index (κ3) is 3.59. The second-order valence-corrected chi connectivity index (χ2v) is 9.59. The van der Waals surface area contributed by atoms with Crippen LogP contribution in [0.3, 0.4) is 0 Å². The number of hydrogen-bond acceptors (Lipinski definition) is 3. The molecule has 0 aromatic heterocycles. The van der Waals surface area contributed by atoms with E-state index in [-0.39, 0.29) is 5.91 Å². The van der Waals surface area contributed by atoms with Crippen LogP contribution in [0.4, 0.5) is 0 Å². The number of benzene rings is 2. The molecule has 0 atom stereocenters. The standard InChI is InChI=1S/C22H26N2O3S/c1-17-6-2-5-9-21(17)22(25)23-12-14-24(15-13-23)28(26,27)20-11-10-18-7-3-4-8-19(18)16-20/h2,5-6,9-11,16H,3-4,7-8,12-15H2,1H3. The van der Waals surface area contributed by atoms with Crippen molar-refractivity contribution in [3.05, 3.63) is 64.7 Å². The molecule has 1 amide bonds. The van der Waals surface area contributed by atoms with Crippen LogP contribution in [0.15, 0.2) is 47.4 Å². The molecule has 148 valence electrons. The van der Waals surface area contributed by atoms with Gasteiger partial charge in [-0.2, -0.15) is 4.31 Å². The average Bonchev–Trinajstić information content (AvgIpc) is 2.73. The van der Waals surface area contributed by atoms with Gasteiger partial charge in [-0.05, 0) is 67.5 Å². The van der Waals surface area contributed by atoms with Gasteiger partial charge in [0.2, 0.25) is 10.0 Å². The van der Waals surface area contributed by atoms with Crippen molar-refractivity contribution in [3.8, 4) is 0 Å². The largest absolute Gasteiger partial charge is 0.336 e. The first kappa shape index (κ1) is 19.2. The minimum atomic E-state index is -3.52. The summed E-state index contributed by atoms with van der Waals surface area (Å²) in [6.45, 7) is 3.41. The van der Waals surface area contributed by atoms with Gasteiger partial charge in [-0.25, -0.2) is 8.42 Å². The Morgan fingerprint density at radius 3 is 2.29 bits per heavy atom. The maximum atomic E-state index is 13.1. The lowest BCUT2D eigenvalue weighted by Crippen LogP contribution is -2.50. The number of aryl methyl sites for hydroxylation is 3. The SMILES string of the molecule is Cc1ccccc1C(=O)N1CCN(S(=O)(=O)c2ccc3c(c2)CCCC3)CC1. The highest BCUT2D eigenvalue weighted by Gasteiger charge is 2.31. The molecule has 4 rings (SSSR count).